The van der Waals surface area contributed by atoms with Gasteiger partial charge in [-0.2, -0.15) is 0 Å². The van der Waals surface area contributed by atoms with Gasteiger partial charge in [-0.25, -0.2) is 0 Å². The maximum atomic E-state index is 12.7. The van der Waals surface area contributed by atoms with Crippen molar-refractivity contribution in [3.05, 3.63) is 34.7 Å². The van der Waals surface area contributed by atoms with Gasteiger partial charge in [-0.3, -0.25) is 14.4 Å². The number of aromatic nitrogens is 1. The summed E-state index contributed by atoms with van der Waals surface area (Å²) in [6, 6.07) is 5.00. The van der Waals surface area contributed by atoms with E-state index in [1.165, 1.54) is 12.5 Å². The molecule has 6 heteroatoms. The molecule has 0 saturated carbocycles. The van der Waals surface area contributed by atoms with E-state index < -0.39 is 0 Å². The molecule has 0 aliphatic carbocycles. The molecule has 1 aromatic rings. The van der Waals surface area contributed by atoms with Gasteiger partial charge in [-0.1, -0.05) is 13.0 Å². The first-order valence-electron chi connectivity index (χ1n) is 9.76. The lowest BCUT2D eigenvalue weighted by Crippen LogP contribution is -2.47. The van der Waals surface area contributed by atoms with E-state index in [0.29, 0.717) is 32.0 Å². The molecule has 1 aromatic heterocycles. The quantitative estimate of drug-likeness (QED) is 0.823. The van der Waals surface area contributed by atoms with Gasteiger partial charge in [0.25, 0.3) is 5.56 Å². The zero-order chi connectivity index (χ0) is 18.5. The van der Waals surface area contributed by atoms with Crippen LogP contribution in [0, 0.1) is 11.8 Å². The standard InChI is InChI=1S/C20H29N3O3/c1-16-5-4-11-23(15-16)20(26)17-7-12-22(13-8-17)19(25)9-14-21-10-3-2-6-18(21)24/h2-3,6,10,16-17H,4-5,7-9,11-15H2,1H3. The first kappa shape index (κ1) is 18.7. The van der Waals surface area contributed by atoms with E-state index in [-0.39, 0.29) is 23.3 Å². The largest absolute Gasteiger partial charge is 0.343 e. The Labute approximate surface area is 154 Å². The summed E-state index contributed by atoms with van der Waals surface area (Å²) in [4.78, 5) is 40.7. The lowest BCUT2D eigenvalue weighted by atomic mass is 9.92. The zero-order valence-electron chi connectivity index (χ0n) is 15.6. The molecule has 0 radical (unpaired) electrons. The third-order valence-electron chi connectivity index (χ3n) is 5.63. The number of nitrogens with zero attached hydrogens (tertiary/aromatic N) is 3. The molecule has 2 saturated heterocycles. The van der Waals surface area contributed by atoms with Crippen molar-refractivity contribution < 1.29 is 9.59 Å². The predicted octanol–water partition coefficient (Wildman–Crippen LogP) is 1.74. The van der Waals surface area contributed by atoms with Gasteiger partial charge in [0.15, 0.2) is 0 Å². The molecule has 1 atom stereocenters. The van der Waals surface area contributed by atoms with Crippen molar-refractivity contribution in [2.45, 2.75) is 45.6 Å². The predicted molar refractivity (Wildman–Crippen MR) is 99.6 cm³/mol. The molecule has 0 aromatic carbocycles. The monoisotopic (exact) mass is 359 g/mol. The van der Waals surface area contributed by atoms with Crippen LogP contribution in [-0.4, -0.2) is 52.4 Å². The van der Waals surface area contributed by atoms with Gasteiger partial charge in [-0.15, -0.1) is 0 Å². The minimum Gasteiger partial charge on any atom is -0.343 e. The summed E-state index contributed by atoms with van der Waals surface area (Å²) < 4.78 is 1.56. The number of aryl methyl sites for hydroxylation is 1. The Hall–Kier alpha value is -2.11. The summed E-state index contributed by atoms with van der Waals surface area (Å²) in [5.41, 5.74) is -0.0830. The summed E-state index contributed by atoms with van der Waals surface area (Å²) in [5.74, 6) is 0.995. The van der Waals surface area contributed by atoms with E-state index in [1.54, 1.807) is 22.9 Å². The Kier molecular flexibility index (Phi) is 6.12. The van der Waals surface area contributed by atoms with Crippen LogP contribution in [0.2, 0.25) is 0 Å². The Morgan fingerprint density at radius 3 is 2.54 bits per heavy atom. The second-order valence-corrected chi connectivity index (χ2v) is 7.67. The summed E-state index contributed by atoms with van der Waals surface area (Å²) in [6.45, 7) is 5.66. The molecule has 2 aliphatic rings. The average Bonchev–Trinajstić information content (AvgIpc) is 2.66. The molecular formula is C20H29N3O3. The molecule has 2 amide bonds. The lowest BCUT2D eigenvalue weighted by Gasteiger charge is -2.37. The second-order valence-electron chi connectivity index (χ2n) is 7.67. The zero-order valence-corrected chi connectivity index (χ0v) is 15.6. The van der Waals surface area contributed by atoms with Crippen molar-refractivity contribution in [2.24, 2.45) is 11.8 Å². The topological polar surface area (TPSA) is 62.6 Å². The van der Waals surface area contributed by atoms with Gasteiger partial charge in [0.05, 0.1) is 0 Å². The van der Waals surface area contributed by atoms with Crippen molar-refractivity contribution in [3.8, 4) is 0 Å². The summed E-state index contributed by atoms with van der Waals surface area (Å²) in [6.07, 6.45) is 5.85. The molecule has 2 aliphatic heterocycles. The van der Waals surface area contributed by atoms with Crippen molar-refractivity contribution in [2.75, 3.05) is 26.2 Å². The number of hydrogen-bond donors (Lipinski definition) is 0. The van der Waals surface area contributed by atoms with E-state index in [2.05, 4.69) is 6.92 Å². The molecule has 0 bridgehead atoms. The minimum atomic E-state index is -0.0830. The molecular weight excluding hydrogens is 330 g/mol. The molecule has 3 rings (SSSR count). The highest BCUT2D eigenvalue weighted by molar-refractivity contribution is 5.80. The first-order valence-corrected chi connectivity index (χ1v) is 9.76. The SMILES string of the molecule is CC1CCCN(C(=O)C2CCN(C(=O)CCn3ccccc3=O)CC2)C1. The van der Waals surface area contributed by atoms with Crippen LogP contribution in [0.15, 0.2) is 29.2 Å². The van der Waals surface area contributed by atoms with Crippen LogP contribution in [0.25, 0.3) is 0 Å². The fourth-order valence-corrected chi connectivity index (χ4v) is 4.04. The maximum Gasteiger partial charge on any atom is 0.250 e. The van der Waals surface area contributed by atoms with Crippen LogP contribution in [0.5, 0.6) is 0 Å². The van der Waals surface area contributed by atoms with E-state index in [9.17, 15) is 14.4 Å². The number of carbonyl (C=O) groups is 2. The molecule has 6 nitrogen and oxygen atoms in total. The molecule has 0 N–H and O–H groups in total. The highest BCUT2D eigenvalue weighted by Gasteiger charge is 2.31. The van der Waals surface area contributed by atoms with E-state index >= 15 is 0 Å². The van der Waals surface area contributed by atoms with E-state index in [0.717, 1.165) is 32.4 Å². The van der Waals surface area contributed by atoms with E-state index in [1.807, 2.05) is 9.80 Å². The Bertz CT molecular complexity index is 692. The van der Waals surface area contributed by atoms with Gasteiger partial charge in [0, 0.05) is 57.3 Å². The van der Waals surface area contributed by atoms with Gasteiger partial charge in [0.2, 0.25) is 11.8 Å². The number of carbonyl (C=O) groups excluding carboxylic acids is 2. The van der Waals surface area contributed by atoms with E-state index in [4.69, 9.17) is 0 Å². The number of amides is 2. The van der Waals surface area contributed by atoms with Crippen molar-refractivity contribution >= 4 is 11.8 Å². The number of pyridine rings is 1. The third kappa shape index (κ3) is 4.54. The first-order chi connectivity index (χ1) is 12.5. The summed E-state index contributed by atoms with van der Waals surface area (Å²) in [5, 5.41) is 0. The minimum absolute atomic E-state index is 0.0566. The molecule has 0 spiro atoms. The Morgan fingerprint density at radius 1 is 1.08 bits per heavy atom. The number of likely N-dealkylation sites (tertiary alicyclic amines) is 2. The number of hydrogen-bond acceptors (Lipinski definition) is 3. The number of rotatable bonds is 4. The van der Waals surface area contributed by atoms with Crippen LogP contribution >= 0.6 is 0 Å². The molecule has 2 fully saturated rings. The molecule has 26 heavy (non-hydrogen) atoms. The number of piperidine rings is 2. The normalized spacial score (nSPS) is 21.7. The van der Waals surface area contributed by atoms with Gasteiger partial charge in [-0.05, 0) is 37.7 Å². The molecule has 1 unspecified atom stereocenters. The third-order valence-corrected chi connectivity index (χ3v) is 5.63. The molecule has 142 valence electrons. The van der Waals surface area contributed by atoms with Crippen LogP contribution in [0.3, 0.4) is 0 Å². The second kappa shape index (κ2) is 8.52. The van der Waals surface area contributed by atoms with Gasteiger partial charge < -0.3 is 14.4 Å². The van der Waals surface area contributed by atoms with Gasteiger partial charge >= 0.3 is 0 Å². The van der Waals surface area contributed by atoms with Crippen molar-refractivity contribution in [1.29, 1.82) is 0 Å². The lowest BCUT2D eigenvalue weighted by molar-refractivity contribution is -0.142. The highest BCUT2D eigenvalue weighted by atomic mass is 16.2. The van der Waals surface area contributed by atoms with Crippen molar-refractivity contribution in [1.82, 2.24) is 14.4 Å². The summed E-state index contributed by atoms with van der Waals surface area (Å²) in [7, 11) is 0. The fraction of sp³-hybridized carbons (Fsp3) is 0.650. The Morgan fingerprint density at radius 2 is 1.85 bits per heavy atom. The molecule has 3 heterocycles. The van der Waals surface area contributed by atoms with Crippen molar-refractivity contribution in [3.63, 3.8) is 0 Å². The summed E-state index contributed by atoms with van der Waals surface area (Å²) >= 11 is 0. The van der Waals surface area contributed by atoms with Crippen LogP contribution in [-0.2, 0) is 16.1 Å². The van der Waals surface area contributed by atoms with Crippen LogP contribution < -0.4 is 5.56 Å². The van der Waals surface area contributed by atoms with Gasteiger partial charge in [0.1, 0.15) is 0 Å². The van der Waals surface area contributed by atoms with Crippen LogP contribution in [0.1, 0.15) is 39.0 Å². The fourth-order valence-electron chi connectivity index (χ4n) is 4.04. The highest BCUT2D eigenvalue weighted by Crippen LogP contribution is 2.23. The maximum absolute atomic E-state index is 12.7. The average molecular weight is 359 g/mol. The smallest absolute Gasteiger partial charge is 0.250 e. The van der Waals surface area contributed by atoms with Crippen LogP contribution in [0.4, 0.5) is 0 Å². The Balaban J connectivity index is 1.45.